The second kappa shape index (κ2) is 6.21. The van der Waals surface area contributed by atoms with Gasteiger partial charge in [0.15, 0.2) is 0 Å². The molecular formula is C14H18INO4S. The normalized spacial score (nSPS) is 19.3. The molecule has 0 atom stereocenters. The van der Waals surface area contributed by atoms with E-state index in [2.05, 4.69) is 22.6 Å². The van der Waals surface area contributed by atoms with Gasteiger partial charge in [0, 0.05) is 16.7 Å². The standard InChI is InChI=1S/C14H18INO4S/c1-2-14(13(17)18)7-9-16(10-8-14)21(19,20)12-5-3-11(15)4-6-12/h3-6H,2,7-10H2,1H3,(H,17,18). The molecule has 0 bridgehead atoms. The van der Waals surface area contributed by atoms with E-state index in [-0.39, 0.29) is 18.0 Å². The van der Waals surface area contributed by atoms with Gasteiger partial charge in [-0.3, -0.25) is 4.79 Å². The van der Waals surface area contributed by atoms with E-state index in [4.69, 9.17) is 0 Å². The van der Waals surface area contributed by atoms with Crippen molar-refractivity contribution in [2.24, 2.45) is 5.41 Å². The van der Waals surface area contributed by atoms with E-state index in [0.717, 1.165) is 3.57 Å². The van der Waals surface area contributed by atoms with Crippen molar-refractivity contribution >= 4 is 38.6 Å². The van der Waals surface area contributed by atoms with E-state index in [1.54, 1.807) is 24.3 Å². The molecule has 0 aromatic heterocycles. The van der Waals surface area contributed by atoms with Gasteiger partial charge in [0.05, 0.1) is 10.3 Å². The lowest BCUT2D eigenvalue weighted by Gasteiger charge is -2.37. The van der Waals surface area contributed by atoms with Gasteiger partial charge in [0.25, 0.3) is 0 Å². The van der Waals surface area contributed by atoms with E-state index in [1.807, 2.05) is 6.92 Å². The summed E-state index contributed by atoms with van der Waals surface area (Å²) in [5, 5.41) is 9.36. The van der Waals surface area contributed by atoms with Crippen molar-refractivity contribution in [3.8, 4) is 0 Å². The van der Waals surface area contributed by atoms with Crippen LogP contribution >= 0.6 is 22.6 Å². The van der Waals surface area contributed by atoms with E-state index < -0.39 is 21.4 Å². The molecule has 1 N–H and O–H groups in total. The zero-order chi connectivity index (χ0) is 15.7. The van der Waals surface area contributed by atoms with Crippen LogP contribution in [-0.4, -0.2) is 36.9 Å². The lowest BCUT2D eigenvalue weighted by molar-refractivity contribution is -0.151. The van der Waals surface area contributed by atoms with Crippen LogP contribution in [0, 0.1) is 8.99 Å². The Kier molecular flexibility index (Phi) is 4.94. The number of rotatable bonds is 4. The second-order valence-corrected chi connectivity index (χ2v) is 8.48. The monoisotopic (exact) mass is 423 g/mol. The van der Waals surface area contributed by atoms with Crippen molar-refractivity contribution in [1.29, 1.82) is 0 Å². The van der Waals surface area contributed by atoms with Crippen molar-refractivity contribution in [3.63, 3.8) is 0 Å². The van der Waals surface area contributed by atoms with Crippen LogP contribution in [0.4, 0.5) is 0 Å². The molecule has 21 heavy (non-hydrogen) atoms. The molecule has 5 nitrogen and oxygen atoms in total. The number of carbonyl (C=O) groups is 1. The first kappa shape index (κ1) is 16.7. The molecule has 1 fully saturated rings. The summed E-state index contributed by atoms with van der Waals surface area (Å²) in [6, 6.07) is 6.70. The number of piperidine rings is 1. The number of carboxylic acids is 1. The number of hydrogen-bond acceptors (Lipinski definition) is 3. The summed E-state index contributed by atoms with van der Waals surface area (Å²) >= 11 is 2.12. The molecule has 1 aliphatic heterocycles. The van der Waals surface area contributed by atoms with E-state index >= 15 is 0 Å². The summed E-state index contributed by atoms with van der Waals surface area (Å²) in [5.74, 6) is -0.823. The fraction of sp³-hybridized carbons (Fsp3) is 0.500. The zero-order valence-electron chi connectivity index (χ0n) is 11.8. The molecule has 0 aliphatic carbocycles. The first-order valence-corrected chi connectivity index (χ1v) is 9.33. The average Bonchev–Trinajstić information content (AvgIpc) is 2.47. The first-order valence-electron chi connectivity index (χ1n) is 6.81. The van der Waals surface area contributed by atoms with Crippen LogP contribution in [0.15, 0.2) is 29.2 Å². The molecule has 0 unspecified atom stereocenters. The lowest BCUT2D eigenvalue weighted by Crippen LogP contribution is -2.46. The fourth-order valence-electron chi connectivity index (χ4n) is 2.63. The predicted octanol–water partition coefficient (Wildman–Crippen LogP) is 2.56. The summed E-state index contributed by atoms with van der Waals surface area (Å²) in [6.07, 6.45) is 1.25. The maximum Gasteiger partial charge on any atom is 0.309 e. The Morgan fingerprint density at radius 3 is 2.24 bits per heavy atom. The molecule has 0 radical (unpaired) electrons. The Morgan fingerprint density at radius 2 is 1.81 bits per heavy atom. The lowest BCUT2D eigenvalue weighted by atomic mass is 9.77. The smallest absolute Gasteiger partial charge is 0.309 e. The van der Waals surface area contributed by atoms with Gasteiger partial charge in [-0.15, -0.1) is 0 Å². The van der Waals surface area contributed by atoms with Gasteiger partial charge in [-0.25, -0.2) is 8.42 Å². The minimum atomic E-state index is -3.53. The van der Waals surface area contributed by atoms with Crippen molar-refractivity contribution in [2.45, 2.75) is 31.1 Å². The van der Waals surface area contributed by atoms with Crippen LogP contribution in [0.2, 0.25) is 0 Å². The van der Waals surface area contributed by atoms with Crippen LogP contribution in [0.5, 0.6) is 0 Å². The second-order valence-electron chi connectivity index (χ2n) is 5.30. The highest BCUT2D eigenvalue weighted by Crippen LogP contribution is 2.36. The Bertz CT molecular complexity index is 619. The van der Waals surface area contributed by atoms with Crippen LogP contribution in [0.3, 0.4) is 0 Å². The summed E-state index contributed by atoms with van der Waals surface area (Å²) < 4.78 is 27.5. The average molecular weight is 423 g/mol. The van der Waals surface area contributed by atoms with Gasteiger partial charge in [0.2, 0.25) is 10.0 Å². The Morgan fingerprint density at radius 1 is 1.29 bits per heavy atom. The van der Waals surface area contributed by atoms with Gasteiger partial charge in [0.1, 0.15) is 0 Å². The molecule has 1 aromatic rings. The van der Waals surface area contributed by atoms with Gasteiger partial charge >= 0.3 is 5.97 Å². The zero-order valence-corrected chi connectivity index (χ0v) is 14.7. The van der Waals surface area contributed by atoms with Crippen molar-refractivity contribution in [1.82, 2.24) is 4.31 Å². The highest BCUT2D eigenvalue weighted by Gasteiger charge is 2.42. The molecule has 0 amide bonds. The number of halogens is 1. The van der Waals surface area contributed by atoms with Gasteiger partial charge in [-0.05, 0) is 66.1 Å². The highest BCUT2D eigenvalue weighted by molar-refractivity contribution is 14.1. The SMILES string of the molecule is CCC1(C(=O)O)CCN(S(=O)(=O)c2ccc(I)cc2)CC1. The van der Waals surface area contributed by atoms with Crippen molar-refractivity contribution < 1.29 is 18.3 Å². The topological polar surface area (TPSA) is 74.7 Å². The van der Waals surface area contributed by atoms with Crippen molar-refractivity contribution in [2.75, 3.05) is 13.1 Å². The molecule has 1 aliphatic rings. The van der Waals surface area contributed by atoms with Gasteiger partial charge in [-0.2, -0.15) is 4.31 Å². The molecule has 2 rings (SSSR count). The van der Waals surface area contributed by atoms with Crippen LogP contribution in [-0.2, 0) is 14.8 Å². The minimum absolute atomic E-state index is 0.258. The molecule has 1 aromatic carbocycles. The molecule has 7 heteroatoms. The van der Waals surface area contributed by atoms with Crippen LogP contribution in [0.25, 0.3) is 0 Å². The quantitative estimate of drug-likeness (QED) is 0.756. The summed E-state index contributed by atoms with van der Waals surface area (Å²) in [5.41, 5.74) is -0.780. The molecule has 1 heterocycles. The molecule has 0 spiro atoms. The maximum atomic E-state index is 12.5. The van der Waals surface area contributed by atoms with Crippen LogP contribution < -0.4 is 0 Å². The Labute approximate surface area is 138 Å². The van der Waals surface area contributed by atoms with E-state index in [0.29, 0.717) is 19.3 Å². The summed E-state index contributed by atoms with van der Waals surface area (Å²) in [6.45, 7) is 2.36. The molecule has 0 saturated carbocycles. The first-order chi connectivity index (χ1) is 9.82. The number of aliphatic carboxylic acids is 1. The van der Waals surface area contributed by atoms with Gasteiger partial charge < -0.3 is 5.11 Å². The number of hydrogen-bond donors (Lipinski definition) is 1. The van der Waals surface area contributed by atoms with Crippen LogP contribution in [0.1, 0.15) is 26.2 Å². The van der Waals surface area contributed by atoms with E-state index in [1.165, 1.54) is 4.31 Å². The molecule has 116 valence electrons. The number of nitrogens with zero attached hydrogens (tertiary/aromatic N) is 1. The largest absolute Gasteiger partial charge is 0.481 e. The number of benzene rings is 1. The van der Waals surface area contributed by atoms with Crippen molar-refractivity contribution in [3.05, 3.63) is 27.8 Å². The number of sulfonamides is 1. The fourth-order valence-corrected chi connectivity index (χ4v) is 4.43. The number of carboxylic acid groups (broad SMARTS) is 1. The maximum absolute atomic E-state index is 12.5. The molecular weight excluding hydrogens is 405 g/mol. The van der Waals surface area contributed by atoms with Gasteiger partial charge in [-0.1, -0.05) is 6.92 Å². The Hall–Kier alpha value is -0.670. The minimum Gasteiger partial charge on any atom is -0.481 e. The van der Waals surface area contributed by atoms with E-state index in [9.17, 15) is 18.3 Å². The third-order valence-corrected chi connectivity index (χ3v) is 6.89. The third kappa shape index (κ3) is 3.24. The third-order valence-electron chi connectivity index (χ3n) is 4.26. The highest BCUT2D eigenvalue weighted by atomic mass is 127. The predicted molar refractivity (Wildman–Crippen MR) is 87.5 cm³/mol. The molecule has 1 saturated heterocycles. The summed E-state index contributed by atoms with van der Waals surface area (Å²) in [4.78, 5) is 11.7. The Balaban J connectivity index is 2.18. The summed E-state index contributed by atoms with van der Waals surface area (Å²) in [7, 11) is -3.53.